The lowest BCUT2D eigenvalue weighted by Crippen LogP contribution is -2.28. The number of carbonyl (C=O) groups is 3. The van der Waals surface area contributed by atoms with Crippen LogP contribution in [-0.4, -0.2) is 38.7 Å². The molecule has 1 N–H and O–H groups in total. The first kappa shape index (κ1) is 20.0. The summed E-state index contributed by atoms with van der Waals surface area (Å²) < 4.78 is 9.76. The van der Waals surface area contributed by atoms with E-state index in [0.29, 0.717) is 11.4 Å². The summed E-state index contributed by atoms with van der Waals surface area (Å²) >= 11 is 0. The van der Waals surface area contributed by atoms with Gasteiger partial charge < -0.3 is 14.8 Å². The summed E-state index contributed by atoms with van der Waals surface area (Å²) in [4.78, 5) is 37.4. The van der Waals surface area contributed by atoms with Crippen molar-refractivity contribution < 1.29 is 23.9 Å². The average molecular weight is 370 g/mol. The fourth-order valence-electron chi connectivity index (χ4n) is 2.46. The molecule has 0 unspecified atom stereocenters. The van der Waals surface area contributed by atoms with Crippen LogP contribution in [0.1, 0.15) is 21.5 Å². The lowest BCUT2D eigenvalue weighted by molar-refractivity contribution is -0.119. The second-order valence-corrected chi connectivity index (χ2v) is 5.92. The number of ether oxygens (including phenoxy) is 2. The van der Waals surface area contributed by atoms with Gasteiger partial charge in [0.1, 0.15) is 0 Å². The number of para-hydroxylation sites is 1. The molecule has 0 bridgehead atoms. The van der Waals surface area contributed by atoms with E-state index in [1.165, 1.54) is 25.1 Å². The maximum Gasteiger partial charge on any atom is 0.413 e. The third-order valence-electron chi connectivity index (χ3n) is 4.15. The molecule has 0 saturated heterocycles. The van der Waals surface area contributed by atoms with Gasteiger partial charge in [-0.2, -0.15) is 0 Å². The Bertz CT molecular complexity index is 863. The van der Waals surface area contributed by atoms with Crippen molar-refractivity contribution in [2.45, 2.75) is 13.8 Å². The number of methoxy groups -OCH3 is 1. The summed E-state index contributed by atoms with van der Waals surface area (Å²) in [5.41, 5.74) is 3.14. The molecule has 2 rings (SSSR count). The fraction of sp³-hybridized carbons (Fsp3) is 0.250. The smallest absolute Gasteiger partial charge is 0.413 e. The third-order valence-corrected chi connectivity index (χ3v) is 4.15. The lowest BCUT2D eigenvalue weighted by atomic mass is 10.1. The van der Waals surface area contributed by atoms with Crippen molar-refractivity contribution in [3.63, 3.8) is 0 Å². The molecule has 7 nitrogen and oxygen atoms in total. The van der Waals surface area contributed by atoms with Crippen molar-refractivity contribution in [2.75, 3.05) is 31.0 Å². The zero-order chi connectivity index (χ0) is 20.0. The largest absolute Gasteiger partial charge is 0.452 e. The number of carbonyl (C=O) groups excluding carboxylic acids is 3. The van der Waals surface area contributed by atoms with Crippen LogP contribution in [0.2, 0.25) is 0 Å². The standard InChI is InChI=1S/C20H22N2O5/c1-13-8-7-10-16(14(13)2)21-18(23)12-27-19(24)15-9-5-6-11-17(15)22(3)20(25)26-4/h5-11H,12H2,1-4H3,(H,21,23). The fourth-order valence-corrected chi connectivity index (χ4v) is 2.46. The Hall–Kier alpha value is -3.35. The van der Waals surface area contributed by atoms with Crippen LogP contribution < -0.4 is 10.2 Å². The van der Waals surface area contributed by atoms with E-state index < -0.39 is 24.6 Å². The van der Waals surface area contributed by atoms with E-state index in [1.807, 2.05) is 26.0 Å². The number of hydrogen-bond acceptors (Lipinski definition) is 5. The van der Waals surface area contributed by atoms with Gasteiger partial charge in [-0.25, -0.2) is 9.59 Å². The summed E-state index contributed by atoms with van der Waals surface area (Å²) in [6.07, 6.45) is -0.622. The molecular weight excluding hydrogens is 348 g/mol. The van der Waals surface area contributed by atoms with Crippen LogP contribution in [0.15, 0.2) is 42.5 Å². The van der Waals surface area contributed by atoms with Crippen LogP contribution in [-0.2, 0) is 14.3 Å². The number of anilines is 2. The molecule has 142 valence electrons. The Morgan fingerprint density at radius 3 is 2.44 bits per heavy atom. The van der Waals surface area contributed by atoms with Gasteiger partial charge >= 0.3 is 12.1 Å². The molecule has 0 radical (unpaired) electrons. The molecule has 27 heavy (non-hydrogen) atoms. The maximum atomic E-state index is 12.4. The van der Waals surface area contributed by atoms with Gasteiger partial charge in [-0.1, -0.05) is 24.3 Å². The Balaban J connectivity index is 2.05. The van der Waals surface area contributed by atoms with E-state index in [0.717, 1.165) is 11.1 Å². The van der Waals surface area contributed by atoms with Gasteiger partial charge in [-0.15, -0.1) is 0 Å². The van der Waals surface area contributed by atoms with Crippen LogP contribution in [0.5, 0.6) is 0 Å². The van der Waals surface area contributed by atoms with E-state index >= 15 is 0 Å². The highest BCUT2D eigenvalue weighted by molar-refractivity contribution is 6.02. The molecule has 0 aliphatic rings. The average Bonchev–Trinajstić information content (AvgIpc) is 2.68. The van der Waals surface area contributed by atoms with Gasteiger partial charge in [0.25, 0.3) is 5.91 Å². The highest BCUT2D eigenvalue weighted by atomic mass is 16.5. The predicted molar refractivity (Wildman–Crippen MR) is 102 cm³/mol. The second-order valence-electron chi connectivity index (χ2n) is 5.92. The Kier molecular flexibility index (Phi) is 6.54. The minimum atomic E-state index is -0.711. The number of esters is 1. The molecule has 0 saturated carbocycles. The quantitative estimate of drug-likeness (QED) is 0.816. The Morgan fingerprint density at radius 1 is 1.04 bits per heavy atom. The van der Waals surface area contributed by atoms with Crippen LogP contribution >= 0.6 is 0 Å². The molecule has 2 aromatic carbocycles. The lowest BCUT2D eigenvalue weighted by Gasteiger charge is -2.18. The van der Waals surface area contributed by atoms with Gasteiger partial charge in [-0.3, -0.25) is 9.69 Å². The summed E-state index contributed by atoms with van der Waals surface area (Å²) in [5, 5.41) is 2.72. The van der Waals surface area contributed by atoms with Crippen LogP contribution in [0.3, 0.4) is 0 Å². The first-order valence-electron chi connectivity index (χ1n) is 8.29. The van der Waals surface area contributed by atoms with Crippen molar-refractivity contribution in [3.8, 4) is 0 Å². The molecule has 0 aliphatic carbocycles. The Labute approximate surface area is 157 Å². The van der Waals surface area contributed by atoms with E-state index in [-0.39, 0.29) is 5.56 Å². The van der Waals surface area contributed by atoms with Crippen molar-refractivity contribution in [2.24, 2.45) is 0 Å². The minimum Gasteiger partial charge on any atom is -0.452 e. The number of hydrogen-bond donors (Lipinski definition) is 1. The summed E-state index contributed by atoms with van der Waals surface area (Å²) in [5.74, 6) is -1.16. The van der Waals surface area contributed by atoms with Crippen molar-refractivity contribution in [1.82, 2.24) is 0 Å². The first-order valence-corrected chi connectivity index (χ1v) is 8.29. The van der Waals surface area contributed by atoms with Crippen molar-refractivity contribution in [1.29, 1.82) is 0 Å². The number of benzene rings is 2. The van der Waals surface area contributed by atoms with Gasteiger partial charge in [0.05, 0.1) is 18.4 Å². The van der Waals surface area contributed by atoms with Gasteiger partial charge in [0, 0.05) is 12.7 Å². The number of aryl methyl sites for hydroxylation is 1. The molecule has 7 heteroatoms. The van der Waals surface area contributed by atoms with E-state index in [9.17, 15) is 14.4 Å². The second kappa shape index (κ2) is 8.84. The molecule has 0 aromatic heterocycles. The van der Waals surface area contributed by atoms with Gasteiger partial charge in [-0.05, 0) is 43.2 Å². The molecule has 0 spiro atoms. The monoisotopic (exact) mass is 370 g/mol. The summed E-state index contributed by atoms with van der Waals surface area (Å²) in [6, 6.07) is 12.0. The van der Waals surface area contributed by atoms with Crippen molar-refractivity contribution >= 4 is 29.3 Å². The molecule has 2 aromatic rings. The maximum absolute atomic E-state index is 12.4. The summed E-state index contributed by atoms with van der Waals surface area (Å²) in [7, 11) is 2.72. The van der Waals surface area contributed by atoms with Crippen LogP contribution in [0.25, 0.3) is 0 Å². The number of nitrogens with zero attached hydrogens (tertiary/aromatic N) is 1. The molecule has 0 aliphatic heterocycles. The van der Waals surface area contributed by atoms with Crippen LogP contribution in [0, 0.1) is 13.8 Å². The van der Waals surface area contributed by atoms with Gasteiger partial charge in [0.2, 0.25) is 0 Å². The molecule has 0 fully saturated rings. The third kappa shape index (κ3) is 4.84. The van der Waals surface area contributed by atoms with E-state index in [1.54, 1.807) is 24.3 Å². The highest BCUT2D eigenvalue weighted by Gasteiger charge is 2.20. The highest BCUT2D eigenvalue weighted by Crippen LogP contribution is 2.21. The topological polar surface area (TPSA) is 84.9 Å². The van der Waals surface area contributed by atoms with E-state index in [2.05, 4.69) is 10.1 Å². The van der Waals surface area contributed by atoms with Crippen LogP contribution in [0.4, 0.5) is 16.2 Å². The minimum absolute atomic E-state index is 0.157. The van der Waals surface area contributed by atoms with Gasteiger partial charge in [0.15, 0.2) is 6.61 Å². The number of amides is 2. The predicted octanol–water partition coefficient (Wildman–Crippen LogP) is 3.30. The normalized spacial score (nSPS) is 10.1. The first-order chi connectivity index (χ1) is 12.8. The molecule has 0 heterocycles. The van der Waals surface area contributed by atoms with E-state index in [4.69, 9.17) is 4.74 Å². The SMILES string of the molecule is COC(=O)N(C)c1ccccc1C(=O)OCC(=O)Nc1cccc(C)c1C. The molecule has 0 atom stereocenters. The Morgan fingerprint density at radius 2 is 1.74 bits per heavy atom. The zero-order valence-corrected chi connectivity index (χ0v) is 15.7. The molecular formula is C20H22N2O5. The number of rotatable bonds is 5. The van der Waals surface area contributed by atoms with Crippen molar-refractivity contribution in [3.05, 3.63) is 59.2 Å². The molecule has 2 amide bonds. The number of nitrogens with one attached hydrogen (secondary N) is 1. The summed E-state index contributed by atoms with van der Waals surface area (Å²) in [6.45, 7) is 3.40. The zero-order valence-electron chi connectivity index (χ0n) is 15.7.